The Bertz CT molecular complexity index is 879. The van der Waals surface area contributed by atoms with Crippen LogP contribution in [0.1, 0.15) is 5.56 Å². The molecule has 0 saturated carbocycles. The molecule has 0 amide bonds. The number of rotatable bonds is 2. The van der Waals surface area contributed by atoms with Crippen molar-refractivity contribution in [3.63, 3.8) is 0 Å². The van der Waals surface area contributed by atoms with Crippen molar-refractivity contribution in [2.24, 2.45) is 0 Å². The first-order valence-corrected chi connectivity index (χ1v) is 7.99. The van der Waals surface area contributed by atoms with E-state index in [4.69, 9.17) is 0 Å². The van der Waals surface area contributed by atoms with Crippen LogP contribution >= 0.6 is 0 Å². The van der Waals surface area contributed by atoms with E-state index in [2.05, 4.69) is 25.2 Å². The van der Waals surface area contributed by atoms with E-state index in [1.807, 2.05) is 6.07 Å². The molecule has 5 nitrogen and oxygen atoms in total. The normalized spacial score (nSPS) is 15.7. The van der Waals surface area contributed by atoms with Crippen LogP contribution < -0.4 is 10.2 Å². The first kappa shape index (κ1) is 15.9. The summed E-state index contributed by atoms with van der Waals surface area (Å²) in [6, 6.07) is 7.00. The topological polar surface area (TPSA) is 56.8 Å². The molecule has 3 aromatic rings. The molecule has 0 aliphatic carbocycles. The summed E-state index contributed by atoms with van der Waals surface area (Å²) in [5.41, 5.74) is 1.42. The number of benzene rings is 1. The molecule has 3 heterocycles. The lowest BCUT2D eigenvalue weighted by Crippen LogP contribution is -2.43. The number of fused-ring (bicyclic) bond motifs is 1. The number of alkyl halides is 3. The predicted molar refractivity (Wildman–Crippen MR) is 89.4 cm³/mol. The summed E-state index contributed by atoms with van der Waals surface area (Å²) in [7, 11) is 0. The Hall–Kier alpha value is -2.61. The third kappa shape index (κ3) is 3.05. The van der Waals surface area contributed by atoms with E-state index in [0.717, 1.165) is 55.2 Å². The molecular formula is C17H16F3N5. The van der Waals surface area contributed by atoms with Gasteiger partial charge in [0.15, 0.2) is 0 Å². The van der Waals surface area contributed by atoms with E-state index in [1.54, 1.807) is 0 Å². The van der Waals surface area contributed by atoms with E-state index in [-0.39, 0.29) is 0 Å². The average Bonchev–Trinajstić information content (AvgIpc) is 3.06. The van der Waals surface area contributed by atoms with Crippen LogP contribution in [0.25, 0.3) is 22.3 Å². The largest absolute Gasteiger partial charge is 0.416 e. The number of nitrogens with one attached hydrogen (secondary N) is 2. The Morgan fingerprint density at radius 3 is 2.40 bits per heavy atom. The zero-order valence-electron chi connectivity index (χ0n) is 13.3. The lowest BCUT2D eigenvalue weighted by molar-refractivity contribution is -0.137. The van der Waals surface area contributed by atoms with Crippen molar-refractivity contribution < 1.29 is 13.2 Å². The fourth-order valence-corrected chi connectivity index (χ4v) is 3.05. The minimum absolute atomic E-state index is 0.659. The highest BCUT2D eigenvalue weighted by atomic mass is 19.4. The van der Waals surface area contributed by atoms with Gasteiger partial charge in [-0.05, 0) is 23.8 Å². The SMILES string of the molecule is FC(F)(F)c1ccc(-c2cc3c(N4CCNCC4)ncnc3[nH]2)cc1. The first-order chi connectivity index (χ1) is 12.0. The van der Waals surface area contributed by atoms with Crippen LogP contribution in [0.15, 0.2) is 36.7 Å². The van der Waals surface area contributed by atoms with E-state index in [1.165, 1.54) is 18.5 Å². The zero-order valence-corrected chi connectivity index (χ0v) is 13.3. The van der Waals surface area contributed by atoms with E-state index >= 15 is 0 Å². The second kappa shape index (κ2) is 6.03. The van der Waals surface area contributed by atoms with Crippen molar-refractivity contribution in [1.29, 1.82) is 0 Å². The Morgan fingerprint density at radius 1 is 1.00 bits per heavy atom. The Balaban J connectivity index is 1.71. The number of H-pyrrole nitrogens is 1. The molecule has 0 radical (unpaired) electrons. The number of anilines is 1. The summed E-state index contributed by atoms with van der Waals surface area (Å²) >= 11 is 0. The second-order valence-corrected chi connectivity index (χ2v) is 5.95. The van der Waals surface area contributed by atoms with Crippen LogP contribution in [0.3, 0.4) is 0 Å². The van der Waals surface area contributed by atoms with Gasteiger partial charge in [0, 0.05) is 31.9 Å². The van der Waals surface area contributed by atoms with Crippen molar-refractivity contribution in [1.82, 2.24) is 20.3 Å². The van der Waals surface area contributed by atoms with Gasteiger partial charge in [-0.25, -0.2) is 9.97 Å². The maximum Gasteiger partial charge on any atom is 0.416 e. The fourth-order valence-electron chi connectivity index (χ4n) is 3.05. The van der Waals surface area contributed by atoms with Crippen LogP contribution in [0.5, 0.6) is 0 Å². The highest BCUT2D eigenvalue weighted by Gasteiger charge is 2.30. The number of aromatic nitrogens is 3. The molecule has 2 aromatic heterocycles. The lowest BCUT2D eigenvalue weighted by Gasteiger charge is -2.28. The third-order valence-electron chi connectivity index (χ3n) is 4.34. The standard InChI is InChI=1S/C17H16F3N5/c18-17(19,20)12-3-1-11(2-4-12)14-9-13-15(24-14)22-10-23-16(13)25-7-5-21-6-8-25/h1-4,9-10,21H,5-8H2,(H,22,23,24). The van der Waals surface area contributed by atoms with E-state index < -0.39 is 11.7 Å². The van der Waals surface area contributed by atoms with Crippen molar-refractivity contribution in [2.75, 3.05) is 31.1 Å². The maximum absolute atomic E-state index is 12.7. The third-order valence-corrected chi connectivity index (χ3v) is 4.34. The molecule has 1 aliphatic rings. The molecule has 0 spiro atoms. The van der Waals surface area contributed by atoms with Gasteiger partial charge in [0.2, 0.25) is 0 Å². The summed E-state index contributed by atoms with van der Waals surface area (Å²) in [6.07, 6.45) is -2.83. The number of aromatic amines is 1. The number of piperazine rings is 1. The molecule has 1 aliphatic heterocycles. The van der Waals surface area contributed by atoms with Gasteiger partial charge in [-0.1, -0.05) is 12.1 Å². The van der Waals surface area contributed by atoms with Crippen LogP contribution in [-0.4, -0.2) is 41.1 Å². The lowest BCUT2D eigenvalue weighted by atomic mass is 10.1. The molecule has 0 atom stereocenters. The molecule has 0 unspecified atom stereocenters. The second-order valence-electron chi connectivity index (χ2n) is 5.95. The van der Waals surface area contributed by atoms with Crippen LogP contribution in [-0.2, 0) is 6.18 Å². The van der Waals surface area contributed by atoms with Crippen molar-refractivity contribution >= 4 is 16.9 Å². The molecule has 8 heteroatoms. The highest BCUT2D eigenvalue weighted by Crippen LogP contribution is 2.32. The summed E-state index contributed by atoms with van der Waals surface area (Å²) < 4.78 is 38.1. The van der Waals surface area contributed by atoms with E-state index in [0.29, 0.717) is 11.2 Å². The zero-order chi connectivity index (χ0) is 17.4. The van der Waals surface area contributed by atoms with Gasteiger partial charge >= 0.3 is 6.18 Å². The summed E-state index contributed by atoms with van der Waals surface area (Å²) in [4.78, 5) is 14.0. The van der Waals surface area contributed by atoms with Crippen LogP contribution in [0.2, 0.25) is 0 Å². The molecule has 0 bridgehead atoms. The van der Waals surface area contributed by atoms with Crippen molar-refractivity contribution in [2.45, 2.75) is 6.18 Å². The molecule has 1 aromatic carbocycles. The van der Waals surface area contributed by atoms with Gasteiger partial charge in [0.25, 0.3) is 0 Å². The number of nitrogens with zero attached hydrogens (tertiary/aromatic N) is 3. The molecule has 2 N–H and O–H groups in total. The molecule has 25 heavy (non-hydrogen) atoms. The first-order valence-electron chi connectivity index (χ1n) is 7.99. The number of hydrogen-bond donors (Lipinski definition) is 2. The minimum atomic E-state index is -4.33. The summed E-state index contributed by atoms with van der Waals surface area (Å²) in [5, 5.41) is 4.17. The van der Waals surface area contributed by atoms with Crippen LogP contribution in [0, 0.1) is 0 Å². The average molecular weight is 347 g/mol. The molecular weight excluding hydrogens is 331 g/mol. The van der Waals surface area contributed by atoms with Gasteiger partial charge in [0.1, 0.15) is 17.8 Å². The van der Waals surface area contributed by atoms with Crippen molar-refractivity contribution in [3.8, 4) is 11.3 Å². The Morgan fingerprint density at radius 2 is 1.72 bits per heavy atom. The maximum atomic E-state index is 12.7. The molecule has 1 saturated heterocycles. The fraction of sp³-hybridized carbons (Fsp3) is 0.294. The van der Waals surface area contributed by atoms with Crippen molar-refractivity contribution in [3.05, 3.63) is 42.2 Å². The highest BCUT2D eigenvalue weighted by molar-refractivity contribution is 5.92. The Kier molecular flexibility index (Phi) is 3.84. The number of halogens is 3. The predicted octanol–water partition coefficient (Wildman–Crippen LogP) is 3.05. The van der Waals surface area contributed by atoms with Gasteiger partial charge in [0.05, 0.1) is 10.9 Å². The van der Waals surface area contributed by atoms with Gasteiger partial charge in [-0.3, -0.25) is 0 Å². The monoisotopic (exact) mass is 347 g/mol. The summed E-state index contributed by atoms with van der Waals surface area (Å²) in [6.45, 7) is 3.49. The molecule has 4 rings (SSSR count). The Labute approximate surface area is 141 Å². The summed E-state index contributed by atoms with van der Waals surface area (Å²) in [5.74, 6) is 0.848. The van der Waals surface area contributed by atoms with Gasteiger partial charge in [-0.15, -0.1) is 0 Å². The minimum Gasteiger partial charge on any atom is -0.353 e. The molecule has 1 fully saturated rings. The number of hydrogen-bond acceptors (Lipinski definition) is 4. The van der Waals surface area contributed by atoms with E-state index in [9.17, 15) is 13.2 Å². The van der Waals surface area contributed by atoms with Gasteiger partial charge in [-0.2, -0.15) is 13.2 Å². The quantitative estimate of drug-likeness (QED) is 0.748. The smallest absolute Gasteiger partial charge is 0.353 e. The van der Waals surface area contributed by atoms with Crippen LogP contribution in [0.4, 0.5) is 19.0 Å². The molecule has 130 valence electrons. The van der Waals surface area contributed by atoms with Gasteiger partial charge < -0.3 is 15.2 Å².